The fraction of sp³-hybridized carbons (Fsp3) is 0.158. The molecule has 1 aromatic heterocycles. The van der Waals surface area contributed by atoms with Gasteiger partial charge in [0.1, 0.15) is 17.5 Å². The number of aromatic nitrogens is 1. The number of fused-ring (bicyclic) bond motifs is 1. The third-order valence-electron chi connectivity index (χ3n) is 3.88. The summed E-state index contributed by atoms with van der Waals surface area (Å²) in [5.74, 6) is -1.08. The van der Waals surface area contributed by atoms with Crippen molar-refractivity contribution in [3.8, 4) is 0 Å². The van der Waals surface area contributed by atoms with Gasteiger partial charge >= 0.3 is 0 Å². The van der Waals surface area contributed by atoms with E-state index in [-0.39, 0.29) is 11.6 Å². The number of carbonyl (C=O) groups excluding carboxylic acids is 1. The Kier molecular flexibility index (Phi) is 4.35. The standard InChI is InChI=1S/C19H17F2N3O/c1-11-5-4-6-15-17(11)16(19(25)24(2)3)10-22-18(15)23-14-8-12(20)7-13(21)9-14/h4-10H,1-3H3,(H,22,23). The molecule has 4 nitrogen and oxygen atoms in total. The van der Waals surface area contributed by atoms with Crippen LogP contribution in [0.3, 0.4) is 0 Å². The summed E-state index contributed by atoms with van der Waals surface area (Å²) in [4.78, 5) is 18.2. The summed E-state index contributed by atoms with van der Waals surface area (Å²) in [6.07, 6.45) is 1.48. The van der Waals surface area contributed by atoms with E-state index >= 15 is 0 Å². The van der Waals surface area contributed by atoms with Crippen LogP contribution in [-0.4, -0.2) is 29.9 Å². The summed E-state index contributed by atoms with van der Waals surface area (Å²) < 4.78 is 26.8. The first kappa shape index (κ1) is 16.8. The molecule has 0 saturated carbocycles. The van der Waals surface area contributed by atoms with E-state index in [1.807, 2.05) is 25.1 Å². The predicted molar refractivity (Wildman–Crippen MR) is 94.1 cm³/mol. The Morgan fingerprint density at radius 1 is 1.12 bits per heavy atom. The zero-order valence-corrected chi connectivity index (χ0v) is 14.1. The molecule has 2 aromatic carbocycles. The van der Waals surface area contributed by atoms with E-state index in [2.05, 4.69) is 10.3 Å². The van der Waals surface area contributed by atoms with Gasteiger partial charge in [-0.3, -0.25) is 4.79 Å². The van der Waals surface area contributed by atoms with Crippen molar-refractivity contribution < 1.29 is 13.6 Å². The highest BCUT2D eigenvalue weighted by atomic mass is 19.1. The summed E-state index contributed by atoms with van der Waals surface area (Å²) in [5.41, 5.74) is 1.65. The number of nitrogens with zero attached hydrogens (tertiary/aromatic N) is 2. The zero-order chi connectivity index (χ0) is 18.1. The number of rotatable bonds is 3. The highest BCUT2D eigenvalue weighted by molar-refractivity contribution is 6.10. The highest BCUT2D eigenvalue weighted by Crippen LogP contribution is 2.30. The van der Waals surface area contributed by atoms with Crippen LogP contribution < -0.4 is 5.32 Å². The monoisotopic (exact) mass is 341 g/mol. The molecule has 1 heterocycles. The molecule has 1 amide bonds. The van der Waals surface area contributed by atoms with E-state index in [1.54, 1.807) is 14.1 Å². The minimum Gasteiger partial charge on any atom is -0.345 e. The molecule has 3 rings (SSSR count). The van der Waals surface area contributed by atoms with Crippen molar-refractivity contribution in [2.24, 2.45) is 0 Å². The smallest absolute Gasteiger partial charge is 0.255 e. The summed E-state index contributed by atoms with van der Waals surface area (Å²) in [6, 6.07) is 8.75. The second-order valence-corrected chi connectivity index (χ2v) is 6.00. The van der Waals surface area contributed by atoms with Gasteiger partial charge in [-0.05, 0) is 24.6 Å². The molecule has 0 aliphatic rings. The maximum absolute atomic E-state index is 13.4. The molecule has 0 fully saturated rings. The number of benzene rings is 2. The normalized spacial score (nSPS) is 10.8. The Bertz CT molecular complexity index is 950. The Hall–Kier alpha value is -3.02. The van der Waals surface area contributed by atoms with E-state index < -0.39 is 11.6 Å². The fourth-order valence-electron chi connectivity index (χ4n) is 2.75. The molecule has 128 valence electrons. The van der Waals surface area contributed by atoms with Gasteiger partial charge in [0.15, 0.2) is 0 Å². The quantitative estimate of drug-likeness (QED) is 0.774. The van der Waals surface area contributed by atoms with E-state index in [4.69, 9.17) is 0 Å². The van der Waals surface area contributed by atoms with Gasteiger partial charge in [0.05, 0.1) is 5.56 Å². The number of aryl methyl sites for hydroxylation is 1. The average molecular weight is 341 g/mol. The molecular weight excluding hydrogens is 324 g/mol. The van der Waals surface area contributed by atoms with Crippen LogP contribution in [0.4, 0.5) is 20.3 Å². The average Bonchev–Trinajstić information content (AvgIpc) is 2.54. The Balaban J connectivity index is 2.16. The van der Waals surface area contributed by atoms with Gasteiger partial charge < -0.3 is 10.2 Å². The molecule has 1 N–H and O–H groups in total. The van der Waals surface area contributed by atoms with Crippen LogP contribution in [0.25, 0.3) is 10.8 Å². The summed E-state index contributed by atoms with van der Waals surface area (Å²) >= 11 is 0. The lowest BCUT2D eigenvalue weighted by Gasteiger charge is -2.16. The Labute approximate surface area is 144 Å². The molecule has 0 radical (unpaired) electrons. The third kappa shape index (κ3) is 3.28. The zero-order valence-electron chi connectivity index (χ0n) is 14.1. The second kappa shape index (κ2) is 6.47. The van der Waals surface area contributed by atoms with E-state index in [0.717, 1.165) is 17.0 Å². The van der Waals surface area contributed by atoms with E-state index in [9.17, 15) is 13.6 Å². The van der Waals surface area contributed by atoms with Crippen LogP contribution in [0, 0.1) is 18.6 Å². The Morgan fingerprint density at radius 3 is 2.44 bits per heavy atom. The molecule has 3 aromatic rings. The molecule has 0 spiro atoms. The van der Waals surface area contributed by atoms with Crippen LogP contribution in [0.1, 0.15) is 15.9 Å². The molecule has 0 saturated heterocycles. The van der Waals surface area contributed by atoms with Crippen LogP contribution >= 0.6 is 0 Å². The first-order valence-corrected chi connectivity index (χ1v) is 7.70. The molecule has 0 unspecified atom stereocenters. The number of nitrogens with one attached hydrogen (secondary N) is 1. The molecule has 25 heavy (non-hydrogen) atoms. The van der Waals surface area contributed by atoms with Gasteiger partial charge in [0.2, 0.25) is 0 Å². The van der Waals surface area contributed by atoms with Crippen LogP contribution in [0.2, 0.25) is 0 Å². The number of amides is 1. The maximum atomic E-state index is 13.4. The van der Waals surface area contributed by atoms with Gasteiger partial charge in [0.25, 0.3) is 5.91 Å². The molecule has 0 aliphatic heterocycles. The van der Waals surface area contributed by atoms with Crippen molar-refractivity contribution in [2.75, 3.05) is 19.4 Å². The van der Waals surface area contributed by atoms with E-state index in [0.29, 0.717) is 16.8 Å². The van der Waals surface area contributed by atoms with Crippen LogP contribution in [0.15, 0.2) is 42.6 Å². The minimum absolute atomic E-state index is 0.157. The number of hydrogen-bond donors (Lipinski definition) is 1. The topological polar surface area (TPSA) is 45.2 Å². The van der Waals surface area contributed by atoms with Gasteiger partial charge in [-0.15, -0.1) is 0 Å². The second-order valence-electron chi connectivity index (χ2n) is 6.00. The van der Waals surface area contributed by atoms with Gasteiger partial charge in [-0.1, -0.05) is 18.2 Å². The molecule has 6 heteroatoms. The number of anilines is 2. The number of carbonyl (C=O) groups is 1. The number of hydrogen-bond acceptors (Lipinski definition) is 3. The van der Waals surface area contributed by atoms with Crippen LogP contribution in [-0.2, 0) is 0 Å². The van der Waals surface area contributed by atoms with Gasteiger partial charge in [-0.25, -0.2) is 13.8 Å². The first-order chi connectivity index (χ1) is 11.9. The number of halogens is 2. The first-order valence-electron chi connectivity index (χ1n) is 7.70. The van der Waals surface area contributed by atoms with Crippen molar-refractivity contribution in [3.05, 3.63) is 65.4 Å². The van der Waals surface area contributed by atoms with Crippen LogP contribution in [0.5, 0.6) is 0 Å². The highest BCUT2D eigenvalue weighted by Gasteiger charge is 2.17. The third-order valence-corrected chi connectivity index (χ3v) is 3.88. The summed E-state index contributed by atoms with van der Waals surface area (Å²) in [7, 11) is 3.35. The maximum Gasteiger partial charge on any atom is 0.255 e. The predicted octanol–water partition coefficient (Wildman–Crippen LogP) is 4.27. The molecular formula is C19H17F2N3O. The minimum atomic E-state index is -0.678. The van der Waals surface area contributed by atoms with Crippen molar-refractivity contribution in [1.29, 1.82) is 0 Å². The van der Waals surface area contributed by atoms with E-state index in [1.165, 1.54) is 23.2 Å². The lowest BCUT2D eigenvalue weighted by Crippen LogP contribution is -2.22. The fourth-order valence-corrected chi connectivity index (χ4v) is 2.75. The van der Waals surface area contributed by atoms with Gasteiger partial charge in [-0.2, -0.15) is 0 Å². The molecule has 0 aliphatic carbocycles. The SMILES string of the molecule is Cc1cccc2c(Nc3cc(F)cc(F)c3)ncc(C(=O)N(C)C)c12. The lowest BCUT2D eigenvalue weighted by molar-refractivity contribution is 0.0829. The van der Waals surface area contributed by atoms with Crippen molar-refractivity contribution >= 4 is 28.2 Å². The van der Waals surface area contributed by atoms with Crippen molar-refractivity contribution in [2.45, 2.75) is 6.92 Å². The largest absolute Gasteiger partial charge is 0.345 e. The molecule has 0 bridgehead atoms. The molecule has 0 atom stereocenters. The summed E-state index contributed by atoms with van der Waals surface area (Å²) in [6.45, 7) is 1.90. The van der Waals surface area contributed by atoms with Gasteiger partial charge in [0, 0.05) is 42.8 Å². The summed E-state index contributed by atoms with van der Waals surface area (Å²) in [5, 5.41) is 4.40. The van der Waals surface area contributed by atoms with Crippen molar-refractivity contribution in [3.63, 3.8) is 0 Å². The lowest BCUT2D eigenvalue weighted by atomic mass is 10.0. The van der Waals surface area contributed by atoms with Crippen molar-refractivity contribution in [1.82, 2.24) is 9.88 Å². The Morgan fingerprint density at radius 2 is 1.80 bits per heavy atom. The number of pyridine rings is 1.